The summed E-state index contributed by atoms with van der Waals surface area (Å²) in [5, 5.41) is 3.64. The van der Waals surface area contributed by atoms with E-state index in [4.69, 9.17) is 23.2 Å². The van der Waals surface area contributed by atoms with Crippen LogP contribution in [-0.2, 0) is 11.2 Å². The lowest BCUT2D eigenvalue weighted by Crippen LogP contribution is -2.50. The number of carbonyl (C=O) groups excluding carboxylic acids is 2. The highest BCUT2D eigenvalue weighted by molar-refractivity contribution is 6.43. The molecule has 7 heteroatoms. The first-order chi connectivity index (χ1) is 13.5. The SMILES string of the molecule is CCc1ccccc1NC(=O)CN1CCN(C(=O)c2cccc(Cl)c2Cl)CC1. The average Bonchev–Trinajstić information content (AvgIpc) is 2.70. The van der Waals surface area contributed by atoms with Gasteiger partial charge in [0.05, 0.1) is 22.2 Å². The van der Waals surface area contributed by atoms with Gasteiger partial charge in [0.15, 0.2) is 0 Å². The Hall–Kier alpha value is -2.08. The van der Waals surface area contributed by atoms with Crippen LogP contribution in [0.1, 0.15) is 22.8 Å². The van der Waals surface area contributed by atoms with Crippen LogP contribution in [0.3, 0.4) is 0 Å². The predicted molar refractivity (Wildman–Crippen MR) is 113 cm³/mol. The normalized spacial score (nSPS) is 14.8. The van der Waals surface area contributed by atoms with E-state index in [1.807, 2.05) is 29.2 Å². The number of para-hydroxylation sites is 1. The quantitative estimate of drug-likeness (QED) is 0.797. The highest BCUT2D eigenvalue weighted by atomic mass is 35.5. The zero-order valence-electron chi connectivity index (χ0n) is 15.8. The van der Waals surface area contributed by atoms with Gasteiger partial charge in [0.2, 0.25) is 5.91 Å². The summed E-state index contributed by atoms with van der Waals surface area (Å²) in [4.78, 5) is 28.9. The number of halogens is 2. The second kappa shape index (κ2) is 9.41. The number of carbonyl (C=O) groups is 2. The van der Waals surface area contributed by atoms with Gasteiger partial charge in [-0.2, -0.15) is 0 Å². The van der Waals surface area contributed by atoms with Crippen LogP contribution >= 0.6 is 23.2 Å². The molecule has 3 rings (SSSR count). The predicted octanol–water partition coefficient (Wildman–Crippen LogP) is 3.95. The van der Waals surface area contributed by atoms with Gasteiger partial charge in [-0.05, 0) is 30.2 Å². The van der Waals surface area contributed by atoms with E-state index in [1.165, 1.54) is 0 Å². The number of benzene rings is 2. The number of hydrogen-bond donors (Lipinski definition) is 1. The molecule has 5 nitrogen and oxygen atoms in total. The van der Waals surface area contributed by atoms with Crippen molar-refractivity contribution in [2.24, 2.45) is 0 Å². The second-order valence-electron chi connectivity index (χ2n) is 6.73. The number of anilines is 1. The Morgan fingerprint density at radius 2 is 1.71 bits per heavy atom. The van der Waals surface area contributed by atoms with Crippen molar-refractivity contribution in [3.63, 3.8) is 0 Å². The maximum atomic E-state index is 12.7. The van der Waals surface area contributed by atoms with Crippen LogP contribution in [0.25, 0.3) is 0 Å². The van der Waals surface area contributed by atoms with Crippen LogP contribution < -0.4 is 5.32 Å². The van der Waals surface area contributed by atoms with Gasteiger partial charge in [0.25, 0.3) is 5.91 Å². The van der Waals surface area contributed by atoms with E-state index in [2.05, 4.69) is 12.2 Å². The van der Waals surface area contributed by atoms with E-state index in [0.29, 0.717) is 43.3 Å². The third-order valence-electron chi connectivity index (χ3n) is 4.88. The van der Waals surface area contributed by atoms with E-state index < -0.39 is 0 Å². The molecule has 0 radical (unpaired) electrons. The topological polar surface area (TPSA) is 52.7 Å². The Kier molecular flexibility index (Phi) is 6.94. The third kappa shape index (κ3) is 4.85. The molecule has 1 aliphatic heterocycles. The molecular weight excluding hydrogens is 397 g/mol. The van der Waals surface area contributed by atoms with Crippen molar-refractivity contribution >= 4 is 40.7 Å². The van der Waals surface area contributed by atoms with Gasteiger partial charge >= 0.3 is 0 Å². The summed E-state index contributed by atoms with van der Waals surface area (Å²) in [6, 6.07) is 12.9. The van der Waals surface area contributed by atoms with Crippen molar-refractivity contribution in [2.75, 3.05) is 38.0 Å². The summed E-state index contributed by atoms with van der Waals surface area (Å²) >= 11 is 12.2. The van der Waals surface area contributed by atoms with Gasteiger partial charge < -0.3 is 10.2 Å². The second-order valence-corrected chi connectivity index (χ2v) is 7.51. The molecule has 148 valence electrons. The van der Waals surface area contributed by atoms with E-state index >= 15 is 0 Å². The Bertz CT molecular complexity index is 864. The smallest absolute Gasteiger partial charge is 0.255 e. The summed E-state index contributed by atoms with van der Waals surface area (Å²) in [6.45, 7) is 4.71. The van der Waals surface area contributed by atoms with Gasteiger partial charge in [0.1, 0.15) is 0 Å². The largest absolute Gasteiger partial charge is 0.336 e. The van der Waals surface area contributed by atoms with Crippen LogP contribution in [0, 0.1) is 0 Å². The Labute approximate surface area is 175 Å². The van der Waals surface area contributed by atoms with Crippen LogP contribution in [0.5, 0.6) is 0 Å². The number of nitrogens with one attached hydrogen (secondary N) is 1. The lowest BCUT2D eigenvalue weighted by molar-refractivity contribution is -0.117. The third-order valence-corrected chi connectivity index (χ3v) is 5.70. The highest BCUT2D eigenvalue weighted by Crippen LogP contribution is 2.26. The molecule has 28 heavy (non-hydrogen) atoms. The molecule has 0 spiro atoms. The number of nitrogens with zero attached hydrogens (tertiary/aromatic N) is 2. The number of amides is 2. The fraction of sp³-hybridized carbons (Fsp3) is 0.333. The fourth-order valence-corrected chi connectivity index (χ4v) is 3.67. The van der Waals surface area contributed by atoms with Crippen LogP contribution in [0.15, 0.2) is 42.5 Å². The van der Waals surface area contributed by atoms with E-state index in [1.54, 1.807) is 23.1 Å². The zero-order valence-corrected chi connectivity index (χ0v) is 17.3. The maximum absolute atomic E-state index is 12.7. The van der Waals surface area contributed by atoms with E-state index in [0.717, 1.165) is 17.7 Å². The molecule has 0 aromatic heterocycles. The van der Waals surface area contributed by atoms with Crippen LogP contribution in [0.4, 0.5) is 5.69 Å². The molecule has 0 aliphatic carbocycles. The molecule has 0 unspecified atom stereocenters. The van der Waals surface area contributed by atoms with Gasteiger partial charge in [-0.25, -0.2) is 0 Å². The summed E-state index contributed by atoms with van der Waals surface area (Å²) in [5.41, 5.74) is 2.39. The Balaban J connectivity index is 1.53. The molecule has 0 saturated carbocycles. The molecular formula is C21H23Cl2N3O2. The Morgan fingerprint density at radius 1 is 1.00 bits per heavy atom. The van der Waals surface area contributed by atoms with E-state index in [9.17, 15) is 9.59 Å². The summed E-state index contributed by atoms with van der Waals surface area (Å²) in [5.74, 6) is -0.174. The molecule has 0 bridgehead atoms. The number of piperazine rings is 1. The number of aryl methyl sites for hydroxylation is 1. The van der Waals surface area contributed by atoms with Gasteiger partial charge in [-0.3, -0.25) is 14.5 Å². The standard InChI is InChI=1S/C21H23Cl2N3O2/c1-2-15-6-3-4-9-18(15)24-19(27)14-25-10-12-26(13-11-25)21(28)16-7-5-8-17(22)20(16)23/h3-9H,2,10-14H2,1H3,(H,24,27). The fourth-order valence-electron chi connectivity index (χ4n) is 3.29. The molecule has 1 saturated heterocycles. The van der Waals surface area contributed by atoms with Crippen molar-refractivity contribution in [1.29, 1.82) is 0 Å². The molecule has 0 atom stereocenters. The van der Waals surface area contributed by atoms with Gasteiger partial charge in [0, 0.05) is 31.9 Å². The molecule has 1 fully saturated rings. The molecule has 2 amide bonds. The first-order valence-electron chi connectivity index (χ1n) is 9.33. The van der Waals surface area contributed by atoms with Gasteiger partial charge in [-0.15, -0.1) is 0 Å². The van der Waals surface area contributed by atoms with Crippen molar-refractivity contribution in [1.82, 2.24) is 9.80 Å². The maximum Gasteiger partial charge on any atom is 0.255 e. The number of hydrogen-bond acceptors (Lipinski definition) is 3. The Morgan fingerprint density at radius 3 is 2.43 bits per heavy atom. The summed E-state index contributed by atoms with van der Waals surface area (Å²) in [7, 11) is 0. The highest BCUT2D eigenvalue weighted by Gasteiger charge is 2.25. The minimum absolute atomic E-state index is 0.0430. The van der Waals surface area contributed by atoms with Crippen LogP contribution in [-0.4, -0.2) is 54.3 Å². The van der Waals surface area contributed by atoms with E-state index in [-0.39, 0.29) is 16.8 Å². The summed E-state index contributed by atoms with van der Waals surface area (Å²) < 4.78 is 0. The van der Waals surface area contributed by atoms with Crippen molar-refractivity contribution in [3.05, 3.63) is 63.6 Å². The number of rotatable bonds is 5. The lowest BCUT2D eigenvalue weighted by Gasteiger charge is -2.34. The minimum Gasteiger partial charge on any atom is -0.336 e. The van der Waals surface area contributed by atoms with Crippen LogP contribution in [0.2, 0.25) is 10.0 Å². The van der Waals surface area contributed by atoms with Gasteiger partial charge in [-0.1, -0.05) is 54.4 Å². The molecule has 1 heterocycles. The first kappa shape index (κ1) is 20.6. The monoisotopic (exact) mass is 419 g/mol. The lowest BCUT2D eigenvalue weighted by atomic mass is 10.1. The minimum atomic E-state index is -0.131. The molecule has 2 aromatic rings. The summed E-state index contributed by atoms with van der Waals surface area (Å²) in [6.07, 6.45) is 0.864. The first-order valence-corrected chi connectivity index (χ1v) is 10.1. The van der Waals surface area contributed by atoms with Crippen molar-refractivity contribution < 1.29 is 9.59 Å². The zero-order chi connectivity index (χ0) is 20.1. The molecule has 1 N–H and O–H groups in total. The average molecular weight is 420 g/mol. The molecule has 2 aromatic carbocycles. The molecule has 1 aliphatic rings. The van der Waals surface area contributed by atoms with Crippen molar-refractivity contribution in [3.8, 4) is 0 Å². The van der Waals surface area contributed by atoms with Crippen molar-refractivity contribution in [2.45, 2.75) is 13.3 Å².